The van der Waals surface area contributed by atoms with Crippen molar-refractivity contribution in [1.29, 1.82) is 0 Å². The van der Waals surface area contributed by atoms with Gasteiger partial charge in [0.2, 0.25) is 5.91 Å². The fraction of sp³-hybridized carbons (Fsp3) is 0.375. The van der Waals surface area contributed by atoms with E-state index in [0.29, 0.717) is 5.69 Å². The van der Waals surface area contributed by atoms with Crippen LogP contribution in [-0.4, -0.2) is 21.4 Å². The van der Waals surface area contributed by atoms with Crippen molar-refractivity contribution in [2.75, 3.05) is 5.32 Å². The van der Waals surface area contributed by atoms with Crippen molar-refractivity contribution in [2.24, 2.45) is 5.73 Å². The molecule has 3 N–H and O–H groups in total. The van der Waals surface area contributed by atoms with Crippen molar-refractivity contribution in [3.8, 4) is 0 Å². The molecule has 0 atom stereocenters. The minimum atomic E-state index is -0.893. The molecular weight excluding hydrogens is 168 g/mol. The Kier molecular flexibility index (Phi) is 2.57. The molecule has 1 aromatic heterocycles. The summed E-state index contributed by atoms with van der Waals surface area (Å²) in [4.78, 5) is 18.8. The van der Waals surface area contributed by atoms with Gasteiger partial charge in [-0.3, -0.25) is 4.79 Å². The van der Waals surface area contributed by atoms with E-state index in [-0.39, 0.29) is 5.91 Å². The number of hydrogen-bond donors (Lipinski definition) is 2. The molecule has 0 aliphatic rings. The zero-order valence-corrected chi connectivity index (χ0v) is 7.61. The molecule has 0 spiro atoms. The van der Waals surface area contributed by atoms with Crippen molar-refractivity contribution in [1.82, 2.24) is 9.97 Å². The van der Waals surface area contributed by atoms with Crippen molar-refractivity contribution < 1.29 is 4.79 Å². The van der Waals surface area contributed by atoms with Crippen molar-refractivity contribution in [3.63, 3.8) is 0 Å². The first-order valence-electron chi connectivity index (χ1n) is 3.85. The summed E-state index contributed by atoms with van der Waals surface area (Å²) in [7, 11) is 0. The second-order valence-corrected chi connectivity index (χ2v) is 3.30. The summed E-state index contributed by atoms with van der Waals surface area (Å²) >= 11 is 0. The van der Waals surface area contributed by atoms with Crippen LogP contribution in [0, 0.1) is 0 Å². The number of aromatic nitrogens is 2. The lowest BCUT2D eigenvalue weighted by atomic mass is 10.1. The number of rotatable bonds is 2. The smallest absolute Gasteiger partial charge is 0.243 e. The van der Waals surface area contributed by atoms with Crippen LogP contribution in [0.2, 0.25) is 0 Å². The Morgan fingerprint density at radius 2 is 2.00 bits per heavy atom. The lowest BCUT2D eigenvalue weighted by Crippen LogP contribution is -2.45. The van der Waals surface area contributed by atoms with Crippen LogP contribution in [0.5, 0.6) is 0 Å². The largest absolute Gasteiger partial charge is 0.322 e. The zero-order valence-electron chi connectivity index (χ0n) is 7.61. The van der Waals surface area contributed by atoms with Gasteiger partial charge in [0.05, 0.1) is 23.6 Å². The normalized spacial score (nSPS) is 11.0. The summed E-state index contributed by atoms with van der Waals surface area (Å²) in [6, 6.07) is 0. The summed E-state index contributed by atoms with van der Waals surface area (Å²) in [5.41, 5.74) is 5.23. The van der Waals surface area contributed by atoms with E-state index in [2.05, 4.69) is 15.3 Å². The highest BCUT2D eigenvalue weighted by Crippen LogP contribution is 2.05. The molecule has 1 heterocycles. The topological polar surface area (TPSA) is 80.9 Å². The van der Waals surface area contributed by atoms with Gasteiger partial charge in [0.1, 0.15) is 6.33 Å². The van der Waals surface area contributed by atoms with Gasteiger partial charge in [0.15, 0.2) is 0 Å². The van der Waals surface area contributed by atoms with Crippen LogP contribution in [0.25, 0.3) is 0 Å². The minimum absolute atomic E-state index is 0.262. The van der Waals surface area contributed by atoms with Gasteiger partial charge in [-0.25, -0.2) is 9.97 Å². The van der Waals surface area contributed by atoms with E-state index >= 15 is 0 Å². The van der Waals surface area contributed by atoms with E-state index in [0.717, 1.165) is 0 Å². The van der Waals surface area contributed by atoms with E-state index in [4.69, 9.17) is 5.73 Å². The van der Waals surface area contributed by atoms with Gasteiger partial charge >= 0.3 is 0 Å². The molecule has 1 aromatic rings. The van der Waals surface area contributed by atoms with Crippen molar-refractivity contribution in [2.45, 2.75) is 19.4 Å². The molecule has 0 aliphatic carbocycles. The molecule has 0 bridgehead atoms. The molecule has 70 valence electrons. The number of hydrogen-bond acceptors (Lipinski definition) is 4. The van der Waals surface area contributed by atoms with Crippen LogP contribution in [0.3, 0.4) is 0 Å². The van der Waals surface area contributed by atoms with Crippen LogP contribution in [0.4, 0.5) is 5.69 Å². The maximum Gasteiger partial charge on any atom is 0.243 e. The van der Waals surface area contributed by atoms with Crippen LogP contribution < -0.4 is 11.1 Å². The van der Waals surface area contributed by atoms with Gasteiger partial charge in [-0.2, -0.15) is 0 Å². The fourth-order valence-electron chi connectivity index (χ4n) is 0.656. The van der Waals surface area contributed by atoms with E-state index in [9.17, 15) is 4.79 Å². The third kappa shape index (κ3) is 2.79. The number of nitrogens with zero attached hydrogens (tertiary/aromatic N) is 2. The summed E-state index contributed by atoms with van der Waals surface area (Å²) in [5, 5.41) is 2.59. The molecule has 5 nitrogen and oxygen atoms in total. The maximum absolute atomic E-state index is 11.3. The summed E-state index contributed by atoms with van der Waals surface area (Å²) in [6.07, 6.45) is 4.41. The second-order valence-electron chi connectivity index (χ2n) is 3.30. The van der Waals surface area contributed by atoms with Gasteiger partial charge in [-0.15, -0.1) is 0 Å². The molecule has 0 unspecified atom stereocenters. The molecule has 0 fully saturated rings. The summed E-state index contributed by atoms with van der Waals surface area (Å²) in [6.45, 7) is 3.26. The SMILES string of the molecule is CC(C)(N)C(=O)Nc1cncnc1. The molecule has 1 rings (SSSR count). The Balaban J connectivity index is 2.66. The van der Waals surface area contributed by atoms with Crippen LogP contribution in [-0.2, 0) is 4.79 Å². The first kappa shape index (κ1) is 9.60. The highest BCUT2D eigenvalue weighted by molar-refractivity contribution is 5.96. The Hall–Kier alpha value is -1.49. The third-order valence-electron chi connectivity index (χ3n) is 1.40. The first-order chi connectivity index (χ1) is 6.00. The Morgan fingerprint density at radius 1 is 1.46 bits per heavy atom. The predicted molar refractivity (Wildman–Crippen MR) is 48.9 cm³/mol. The molecule has 0 saturated carbocycles. The number of carbonyl (C=O) groups excluding carboxylic acids is 1. The van der Waals surface area contributed by atoms with Crippen molar-refractivity contribution >= 4 is 11.6 Å². The highest BCUT2D eigenvalue weighted by Gasteiger charge is 2.21. The van der Waals surface area contributed by atoms with Gasteiger partial charge in [0.25, 0.3) is 0 Å². The standard InChI is InChI=1S/C8H12N4O/c1-8(2,9)7(13)12-6-3-10-5-11-4-6/h3-5H,9H2,1-2H3,(H,12,13). The van der Waals surface area contributed by atoms with Gasteiger partial charge in [0, 0.05) is 0 Å². The third-order valence-corrected chi connectivity index (χ3v) is 1.40. The minimum Gasteiger partial charge on any atom is -0.322 e. The number of carbonyl (C=O) groups is 1. The van der Waals surface area contributed by atoms with Gasteiger partial charge in [-0.1, -0.05) is 0 Å². The lowest BCUT2D eigenvalue weighted by Gasteiger charge is -2.17. The van der Waals surface area contributed by atoms with E-state index in [1.54, 1.807) is 13.8 Å². The van der Waals surface area contributed by atoms with Gasteiger partial charge < -0.3 is 11.1 Å². The van der Waals surface area contributed by atoms with Gasteiger partial charge in [-0.05, 0) is 13.8 Å². The fourth-order valence-corrected chi connectivity index (χ4v) is 0.656. The predicted octanol–water partition coefficient (Wildman–Crippen LogP) is 0.152. The molecule has 0 aromatic carbocycles. The Morgan fingerprint density at radius 3 is 2.46 bits per heavy atom. The van der Waals surface area contributed by atoms with E-state index in [1.165, 1.54) is 18.7 Å². The lowest BCUT2D eigenvalue weighted by molar-refractivity contribution is -0.120. The highest BCUT2D eigenvalue weighted by atomic mass is 16.2. The Bertz CT molecular complexity index is 291. The second kappa shape index (κ2) is 3.49. The van der Waals surface area contributed by atoms with E-state index in [1.807, 2.05) is 0 Å². The molecule has 13 heavy (non-hydrogen) atoms. The van der Waals surface area contributed by atoms with Crippen LogP contribution in [0.15, 0.2) is 18.7 Å². The number of nitrogens with two attached hydrogens (primary N) is 1. The molecule has 0 aliphatic heterocycles. The number of amides is 1. The van der Waals surface area contributed by atoms with E-state index < -0.39 is 5.54 Å². The molecule has 1 amide bonds. The number of nitrogens with one attached hydrogen (secondary N) is 1. The quantitative estimate of drug-likeness (QED) is 0.679. The number of anilines is 1. The first-order valence-corrected chi connectivity index (χ1v) is 3.85. The monoisotopic (exact) mass is 180 g/mol. The zero-order chi connectivity index (χ0) is 9.90. The average molecular weight is 180 g/mol. The molecule has 0 saturated heterocycles. The Labute approximate surface area is 76.4 Å². The summed E-state index contributed by atoms with van der Waals surface area (Å²) in [5.74, 6) is -0.262. The molecule has 0 radical (unpaired) electrons. The van der Waals surface area contributed by atoms with Crippen LogP contribution in [0.1, 0.15) is 13.8 Å². The summed E-state index contributed by atoms with van der Waals surface area (Å²) < 4.78 is 0. The van der Waals surface area contributed by atoms with Crippen LogP contribution >= 0.6 is 0 Å². The molecular formula is C8H12N4O. The maximum atomic E-state index is 11.3. The average Bonchev–Trinajstić information content (AvgIpc) is 2.04. The molecule has 5 heteroatoms. The van der Waals surface area contributed by atoms with Crippen molar-refractivity contribution in [3.05, 3.63) is 18.7 Å².